The number of ether oxygens (including phenoxy) is 2. The van der Waals surface area contributed by atoms with Gasteiger partial charge >= 0.3 is 11.9 Å². The number of halogens is 1. The molecular weight excluding hydrogens is 388 g/mol. The SMILES string of the molecule is CC(C)CCCOC(=O)CCCCCCCCC(=O)OCCCCCCCCCl. The molecule has 0 aromatic heterocycles. The van der Waals surface area contributed by atoms with Crippen molar-refractivity contribution in [3.05, 3.63) is 0 Å². The Labute approximate surface area is 184 Å². The smallest absolute Gasteiger partial charge is 0.305 e. The fourth-order valence-electron chi connectivity index (χ4n) is 3.16. The van der Waals surface area contributed by atoms with E-state index in [-0.39, 0.29) is 11.9 Å². The average Bonchev–Trinajstić information content (AvgIpc) is 2.69. The Bertz CT molecular complexity index is 385. The molecule has 0 N–H and O–H groups in total. The second-order valence-electron chi connectivity index (χ2n) is 8.41. The van der Waals surface area contributed by atoms with Crippen LogP contribution < -0.4 is 0 Å². The van der Waals surface area contributed by atoms with Crippen molar-refractivity contribution in [3.8, 4) is 0 Å². The summed E-state index contributed by atoms with van der Waals surface area (Å²) >= 11 is 5.65. The molecule has 0 aromatic rings. The minimum atomic E-state index is -0.0632. The normalized spacial score (nSPS) is 11.0. The van der Waals surface area contributed by atoms with Crippen LogP contribution >= 0.6 is 11.6 Å². The summed E-state index contributed by atoms with van der Waals surface area (Å²) in [6, 6.07) is 0. The van der Waals surface area contributed by atoms with E-state index in [0.29, 0.717) is 32.0 Å². The zero-order valence-corrected chi connectivity index (χ0v) is 19.8. The molecule has 0 aliphatic carbocycles. The number of rotatable bonds is 21. The number of carbonyl (C=O) groups excluding carboxylic acids is 2. The first-order chi connectivity index (χ1) is 14.1. The molecule has 0 aliphatic rings. The molecule has 0 fully saturated rings. The van der Waals surface area contributed by atoms with Crippen molar-refractivity contribution < 1.29 is 19.1 Å². The van der Waals surface area contributed by atoms with Gasteiger partial charge in [-0.05, 0) is 44.4 Å². The number of hydrogen-bond acceptors (Lipinski definition) is 4. The average molecular weight is 433 g/mol. The van der Waals surface area contributed by atoms with Crippen LogP contribution in [0.15, 0.2) is 0 Å². The van der Waals surface area contributed by atoms with Gasteiger partial charge in [-0.15, -0.1) is 11.6 Å². The Morgan fingerprint density at radius 2 is 1.03 bits per heavy atom. The standard InChI is InChI=1S/C24H45ClO4/c1-22(2)16-15-21-29-24(27)18-12-8-4-3-7-11-17-23(26)28-20-14-10-6-5-9-13-19-25/h22H,3-21H2,1-2H3. The van der Waals surface area contributed by atoms with Crippen molar-refractivity contribution in [3.63, 3.8) is 0 Å². The number of unbranched alkanes of at least 4 members (excludes halogenated alkanes) is 10. The highest BCUT2D eigenvalue weighted by Gasteiger charge is 2.04. The molecule has 4 nitrogen and oxygen atoms in total. The van der Waals surface area contributed by atoms with Crippen LogP contribution in [-0.2, 0) is 19.1 Å². The van der Waals surface area contributed by atoms with Gasteiger partial charge < -0.3 is 9.47 Å². The van der Waals surface area contributed by atoms with Gasteiger partial charge in [-0.3, -0.25) is 9.59 Å². The van der Waals surface area contributed by atoms with Gasteiger partial charge in [-0.2, -0.15) is 0 Å². The molecule has 0 bridgehead atoms. The molecular formula is C24H45ClO4. The molecule has 0 aromatic carbocycles. The van der Waals surface area contributed by atoms with Crippen molar-refractivity contribution >= 4 is 23.5 Å². The zero-order chi connectivity index (χ0) is 21.6. The van der Waals surface area contributed by atoms with Crippen LogP contribution in [0, 0.1) is 5.92 Å². The number of carbonyl (C=O) groups is 2. The molecule has 0 spiro atoms. The van der Waals surface area contributed by atoms with Crippen LogP contribution in [0.25, 0.3) is 0 Å². The van der Waals surface area contributed by atoms with E-state index < -0.39 is 0 Å². The summed E-state index contributed by atoms with van der Waals surface area (Å²) in [5.41, 5.74) is 0. The van der Waals surface area contributed by atoms with Gasteiger partial charge in [0.2, 0.25) is 0 Å². The van der Waals surface area contributed by atoms with Crippen molar-refractivity contribution in [2.24, 2.45) is 5.92 Å². The molecule has 0 unspecified atom stereocenters. The third kappa shape index (κ3) is 23.4. The summed E-state index contributed by atoms with van der Waals surface area (Å²) in [7, 11) is 0. The fourth-order valence-corrected chi connectivity index (χ4v) is 3.35. The quantitative estimate of drug-likeness (QED) is 0.109. The number of alkyl halides is 1. The van der Waals surface area contributed by atoms with Crippen LogP contribution in [0.3, 0.4) is 0 Å². The summed E-state index contributed by atoms with van der Waals surface area (Å²) in [5, 5.41) is 0. The molecule has 0 saturated carbocycles. The third-order valence-corrected chi connectivity index (χ3v) is 5.26. The molecule has 0 radical (unpaired) electrons. The summed E-state index contributed by atoms with van der Waals surface area (Å²) in [6.07, 6.45) is 16.1. The summed E-state index contributed by atoms with van der Waals surface area (Å²) < 4.78 is 10.5. The first kappa shape index (κ1) is 28.2. The van der Waals surface area contributed by atoms with E-state index in [1.165, 1.54) is 19.3 Å². The van der Waals surface area contributed by atoms with Crippen LogP contribution in [-0.4, -0.2) is 31.0 Å². The molecule has 0 heterocycles. The third-order valence-electron chi connectivity index (χ3n) is 4.99. The van der Waals surface area contributed by atoms with Gasteiger partial charge in [0, 0.05) is 18.7 Å². The van der Waals surface area contributed by atoms with Crippen molar-refractivity contribution in [2.75, 3.05) is 19.1 Å². The lowest BCUT2D eigenvalue weighted by Gasteiger charge is -2.07. The van der Waals surface area contributed by atoms with E-state index in [1.54, 1.807) is 0 Å². The Morgan fingerprint density at radius 3 is 1.52 bits per heavy atom. The topological polar surface area (TPSA) is 52.6 Å². The van der Waals surface area contributed by atoms with E-state index in [9.17, 15) is 9.59 Å². The van der Waals surface area contributed by atoms with E-state index >= 15 is 0 Å². The van der Waals surface area contributed by atoms with Crippen molar-refractivity contribution in [2.45, 2.75) is 117 Å². The lowest BCUT2D eigenvalue weighted by atomic mass is 10.1. The van der Waals surface area contributed by atoms with E-state index in [0.717, 1.165) is 76.5 Å². The lowest BCUT2D eigenvalue weighted by Crippen LogP contribution is -2.06. The molecule has 0 atom stereocenters. The zero-order valence-electron chi connectivity index (χ0n) is 19.0. The largest absolute Gasteiger partial charge is 0.466 e. The van der Waals surface area contributed by atoms with Crippen LogP contribution in [0.1, 0.15) is 117 Å². The highest BCUT2D eigenvalue weighted by molar-refractivity contribution is 6.17. The van der Waals surface area contributed by atoms with Crippen molar-refractivity contribution in [1.29, 1.82) is 0 Å². The van der Waals surface area contributed by atoms with Crippen LogP contribution in [0.5, 0.6) is 0 Å². The van der Waals surface area contributed by atoms with Crippen LogP contribution in [0.2, 0.25) is 0 Å². The first-order valence-electron chi connectivity index (χ1n) is 11.9. The van der Waals surface area contributed by atoms with Gasteiger partial charge in [0.05, 0.1) is 13.2 Å². The Balaban J connectivity index is 3.27. The molecule has 172 valence electrons. The Hall–Kier alpha value is -0.770. The van der Waals surface area contributed by atoms with E-state index in [2.05, 4.69) is 13.8 Å². The maximum absolute atomic E-state index is 11.7. The maximum atomic E-state index is 11.7. The Kier molecular flexibility index (Phi) is 21.3. The van der Waals surface area contributed by atoms with Gasteiger partial charge in [0.1, 0.15) is 0 Å². The second-order valence-corrected chi connectivity index (χ2v) is 8.79. The number of esters is 2. The summed E-state index contributed by atoms with van der Waals surface area (Å²) in [4.78, 5) is 23.3. The highest BCUT2D eigenvalue weighted by Crippen LogP contribution is 2.11. The first-order valence-corrected chi connectivity index (χ1v) is 12.5. The van der Waals surface area contributed by atoms with Gasteiger partial charge in [0.15, 0.2) is 0 Å². The monoisotopic (exact) mass is 432 g/mol. The molecule has 29 heavy (non-hydrogen) atoms. The molecule has 0 aliphatic heterocycles. The van der Waals surface area contributed by atoms with Gasteiger partial charge in [0.25, 0.3) is 0 Å². The molecule has 0 rings (SSSR count). The minimum absolute atomic E-state index is 0.0626. The van der Waals surface area contributed by atoms with E-state index in [1.807, 2.05) is 0 Å². The van der Waals surface area contributed by atoms with Gasteiger partial charge in [-0.1, -0.05) is 65.2 Å². The van der Waals surface area contributed by atoms with Crippen LogP contribution in [0.4, 0.5) is 0 Å². The summed E-state index contributed by atoms with van der Waals surface area (Å²) in [5.74, 6) is 1.29. The fraction of sp³-hybridized carbons (Fsp3) is 0.917. The summed E-state index contributed by atoms with van der Waals surface area (Å²) in [6.45, 7) is 5.47. The number of hydrogen-bond donors (Lipinski definition) is 0. The predicted molar refractivity (Wildman–Crippen MR) is 121 cm³/mol. The lowest BCUT2D eigenvalue weighted by molar-refractivity contribution is -0.144. The predicted octanol–water partition coefficient (Wildman–Crippen LogP) is 7.21. The minimum Gasteiger partial charge on any atom is -0.466 e. The maximum Gasteiger partial charge on any atom is 0.305 e. The molecule has 0 saturated heterocycles. The highest BCUT2D eigenvalue weighted by atomic mass is 35.5. The van der Waals surface area contributed by atoms with E-state index in [4.69, 9.17) is 21.1 Å². The second kappa shape index (κ2) is 21.9. The van der Waals surface area contributed by atoms with Gasteiger partial charge in [-0.25, -0.2) is 0 Å². The molecule has 0 amide bonds. The molecule has 5 heteroatoms. The van der Waals surface area contributed by atoms with Crippen molar-refractivity contribution in [1.82, 2.24) is 0 Å². The Morgan fingerprint density at radius 1 is 0.621 bits per heavy atom.